The van der Waals surface area contributed by atoms with Gasteiger partial charge in [-0.15, -0.1) is 0 Å². The number of ether oxygens (including phenoxy) is 1. The third kappa shape index (κ3) is 6.88. The molecule has 0 spiro atoms. The standard InChI is InChI=1S/C16H28N2O5/c1-10-8-11(12(9-10)14(20)21)13(19)17-6-5-7-18-15(22)23-16(2,3)4/h10-12H,5-9H2,1-4H3,(H,17,19)(H,18,22)(H,20,21)/t10?,11-,12+/m0/s1. The fourth-order valence-corrected chi connectivity index (χ4v) is 2.79. The van der Waals surface area contributed by atoms with Crippen molar-refractivity contribution in [2.45, 2.75) is 52.6 Å². The van der Waals surface area contributed by atoms with E-state index in [0.29, 0.717) is 32.4 Å². The largest absolute Gasteiger partial charge is 0.481 e. The fraction of sp³-hybridized carbons (Fsp3) is 0.812. The minimum Gasteiger partial charge on any atom is -0.481 e. The van der Waals surface area contributed by atoms with Crippen LogP contribution in [0.1, 0.15) is 47.0 Å². The Bertz CT molecular complexity index is 444. The third-order valence-electron chi connectivity index (χ3n) is 3.77. The van der Waals surface area contributed by atoms with Gasteiger partial charge in [0.05, 0.1) is 11.8 Å². The predicted octanol–water partition coefficient (Wildman–Crippen LogP) is 1.76. The highest BCUT2D eigenvalue weighted by Gasteiger charge is 2.40. The lowest BCUT2D eigenvalue weighted by Crippen LogP contribution is -2.37. The van der Waals surface area contributed by atoms with E-state index in [2.05, 4.69) is 10.6 Å². The summed E-state index contributed by atoms with van der Waals surface area (Å²) in [5.74, 6) is -1.91. The smallest absolute Gasteiger partial charge is 0.407 e. The first-order chi connectivity index (χ1) is 10.6. The molecular weight excluding hydrogens is 300 g/mol. The first-order valence-electron chi connectivity index (χ1n) is 8.07. The van der Waals surface area contributed by atoms with Crippen LogP contribution in [-0.2, 0) is 14.3 Å². The monoisotopic (exact) mass is 328 g/mol. The van der Waals surface area contributed by atoms with Crippen LogP contribution in [0.4, 0.5) is 4.79 Å². The zero-order chi connectivity index (χ0) is 17.6. The molecule has 1 saturated carbocycles. The molecule has 1 rings (SSSR count). The van der Waals surface area contributed by atoms with E-state index in [9.17, 15) is 19.5 Å². The van der Waals surface area contributed by atoms with Gasteiger partial charge in [0.25, 0.3) is 0 Å². The van der Waals surface area contributed by atoms with Crippen LogP contribution in [0.15, 0.2) is 0 Å². The zero-order valence-corrected chi connectivity index (χ0v) is 14.3. The minimum atomic E-state index is -0.902. The summed E-state index contributed by atoms with van der Waals surface area (Å²) in [7, 11) is 0. The van der Waals surface area contributed by atoms with Gasteiger partial charge in [0.15, 0.2) is 0 Å². The molecule has 1 fully saturated rings. The Balaban J connectivity index is 2.24. The van der Waals surface area contributed by atoms with Crippen molar-refractivity contribution in [2.24, 2.45) is 17.8 Å². The van der Waals surface area contributed by atoms with Gasteiger partial charge in [0.1, 0.15) is 5.60 Å². The fourth-order valence-electron chi connectivity index (χ4n) is 2.79. The molecule has 0 radical (unpaired) electrons. The van der Waals surface area contributed by atoms with Gasteiger partial charge >= 0.3 is 12.1 Å². The van der Waals surface area contributed by atoms with Crippen molar-refractivity contribution in [1.29, 1.82) is 0 Å². The van der Waals surface area contributed by atoms with Crippen LogP contribution in [0, 0.1) is 17.8 Å². The van der Waals surface area contributed by atoms with Crippen molar-refractivity contribution in [3.8, 4) is 0 Å². The summed E-state index contributed by atoms with van der Waals surface area (Å²) in [6.45, 7) is 8.11. The van der Waals surface area contributed by atoms with Crippen molar-refractivity contribution < 1.29 is 24.2 Å². The van der Waals surface area contributed by atoms with Crippen molar-refractivity contribution in [1.82, 2.24) is 10.6 Å². The number of carbonyl (C=O) groups excluding carboxylic acids is 2. The number of amides is 2. The molecule has 1 aliphatic rings. The molecule has 7 nitrogen and oxygen atoms in total. The molecule has 0 bridgehead atoms. The normalized spacial score (nSPS) is 24.1. The summed E-state index contributed by atoms with van der Waals surface area (Å²) >= 11 is 0. The summed E-state index contributed by atoms with van der Waals surface area (Å²) in [5, 5.41) is 14.5. The Morgan fingerprint density at radius 1 is 1.09 bits per heavy atom. The van der Waals surface area contributed by atoms with Crippen LogP contribution in [0.25, 0.3) is 0 Å². The first-order valence-corrected chi connectivity index (χ1v) is 8.07. The topological polar surface area (TPSA) is 105 Å². The molecule has 7 heteroatoms. The van der Waals surface area contributed by atoms with Gasteiger partial charge in [-0.3, -0.25) is 9.59 Å². The van der Waals surface area contributed by atoms with Crippen molar-refractivity contribution in [3.63, 3.8) is 0 Å². The number of carboxylic acids is 1. The first kappa shape index (κ1) is 19.3. The van der Waals surface area contributed by atoms with E-state index in [-0.39, 0.29) is 11.8 Å². The van der Waals surface area contributed by atoms with E-state index in [4.69, 9.17) is 4.74 Å². The van der Waals surface area contributed by atoms with E-state index in [1.165, 1.54) is 0 Å². The highest BCUT2D eigenvalue weighted by atomic mass is 16.6. The molecule has 2 amide bonds. The molecule has 1 aliphatic carbocycles. The summed E-state index contributed by atoms with van der Waals surface area (Å²) in [6, 6.07) is 0. The highest BCUT2D eigenvalue weighted by Crippen LogP contribution is 2.36. The number of alkyl carbamates (subject to hydrolysis) is 1. The quantitative estimate of drug-likeness (QED) is 0.645. The van der Waals surface area contributed by atoms with E-state index in [0.717, 1.165) is 0 Å². The van der Waals surface area contributed by atoms with Crippen LogP contribution in [0.5, 0.6) is 0 Å². The highest BCUT2D eigenvalue weighted by molar-refractivity contribution is 5.85. The molecule has 3 N–H and O–H groups in total. The Kier molecular flexibility index (Phi) is 6.84. The molecule has 0 aromatic carbocycles. The van der Waals surface area contributed by atoms with Gasteiger partial charge in [-0.2, -0.15) is 0 Å². The zero-order valence-electron chi connectivity index (χ0n) is 14.3. The number of hydrogen-bond donors (Lipinski definition) is 3. The molecule has 0 heterocycles. The maximum atomic E-state index is 12.1. The van der Waals surface area contributed by atoms with Crippen LogP contribution in [-0.4, -0.2) is 41.8 Å². The predicted molar refractivity (Wildman–Crippen MR) is 84.9 cm³/mol. The van der Waals surface area contributed by atoms with Crippen molar-refractivity contribution >= 4 is 18.0 Å². The average Bonchev–Trinajstić information content (AvgIpc) is 2.78. The maximum Gasteiger partial charge on any atom is 0.407 e. The molecule has 0 aromatic heterocycles. The Labute approximate surface area is 137 Å². The third-order valence-corrected chi connectivity index (χ3v) is 3.77. The number of carbonyl (C=O) groups is 3. The van der Waals surface area contributed by atoms with Crippen LogP contribution in [0.3, 0.4) is 0 Å². The summed E-state index contributed by atoms with van der Waals surface area (Å²) < 4.78 is 5.10. The maximum absolute atomic E-state index is 12.1. The Hall–Kier alpha value is -1.79. The summed E-state index contributed by atoms with van der Waals surface area (Å²) in [6.07, 6.45) is 1.23. The van der Waals surface area contributed by atoms with E-state index < -0.39 is 29.5 Å². The Morgan fingerprint density at radius 2 is 1.65 bits per heavy atom. The second-order valence-electron chi connectivity index (χ2n) is 7.20. The van der Waals surface area contributed by atoms with E-state index in [1.54, 1.807) is 20.8 Å². The average molecular weight is 328 g/mol. The van der Waals surface area contributed by atoms with Crippen molar-refractivity contribution in [2.75, 3.05) is 13.1 Å². The van der Waals surface area contributed by atoms with Gasteiger partial charge in [0.2, 0.25) is 5.91 Å². The lowest BCUT2D eigenvalue weighted by Gasteiger charge is -2.19. The summed E-state index contributed by atoms with van der Waals surface area (Å²) in [5.41, 5.74) is -0.538. The molecule has 3 atom stereocenters. The lowest BCUT2D eigenvalue weighted by atomic mass is 9.95. The molecule has 132 valence electrons. The van der Waals surface area contributed by atoms with Gasteiger partial charge in [-0.25, -0.2) is 4.79 Å². The second kappa shape index (κ2) is 8.17. The van der Waals surface area contributed by atoms with Gasteiger partial charge < -0.3 is 20.5 Å². The number of aliphatic carboxylic acids is 1. The van der Waals surface area contributed by atoms with Crippen molar-refractivity contribution in [3.05, 3.63) is 0 Å². The number of hydrogen-bond acceptors (Lipinski definition) is 4. The number of rotatable bonds is 6. The molecule has 0 aromatic rings. The molecule has 0 aliphatic heterocycles. The van der Waals surface area contributed by atoms with E-state index >= 15 is 0 Å². The minimum absolute atomic E-state index is 0.209. The lowest BCUT2D eigenvalue weighted by molar-refractivity contribution is -0.146. The Morgan fingerprint density at radius 3 is 2.22 bits per heavy atom. The van der Waals surface area contributed by atoms with Crippen LogP contribution in [0.2, 0.25) is 0 Å². The SMILES string of the molecule is CC1C[C@H](C(=O)NCCCNC(=O)OC(C)(C)C)[C@H](C(=O)O)C1. The number of carboxylic acid groups (broad SMARTS) is 1. The molecule has 0 saturated heterocycles. The molecular formula is C16H28N2O5. The van der Waals surface area contributed by atoms with E-state index in [1.807, 2.05) is 6.92 Å². The summed E-state index contributed by atoms with van der Waals surface area (Å²) in [4.78, 5) is 34.7. The number of nitrogens with one attached hydrogen (secondary N) is 2. The molecule has 23 heavy (non-hydrogen) atoms. The van der Waals surface area contributed by atoms with Gasteiger partial charge in [-0.1, -0.05) is 6.92 Å². The van der Waals surface area contributed by atoms with Crippen LogP contribution >= 0.6 is 0 Å². The van der Waals surface area contributed by atoms with Crippen LogP contribution < -0.4 is 10.6 Å². The molecule has 1 unspecified atom stereocenters. The van der Waals surface area contributed by atoms with Gasteiger partial charge in [0, 0.05) is 13.1 Å². The second-order valence-corrected chi connectivity index (χ2v) is 7.20. The van der Waals surface area contributed by atoms with Gasteiger partial charge in [-0.05, 0) is 46.0 Å².